The van der Waals surface area contributed by atoms with Crippen LogP contribution in [0.5, 0.6) is 0 Å². The molecule has 1 aromatic heterocycles. The number of benzene rings is 7. The molecule has 1 spiro atoms. The van der Waals surface area contributed by atoms with Crippen LogP contribution in [0.15, 0.2) is 168 Å². The molecule has 15 aliphatic rings. The number of carbonyl (C=O) groups excluding carboxylic acids is 12. The number of ketones is 6. The van der Waals surface area contributed by atoms with E-state index < -0.39 is 36.6 Å². The zero-order valence-electron chi connectivity index (χ0n) is 78.3. The lowest BCUT2D eigenvalue weighted by molar-refractivity contribution is -0.127. The molecule has 136 heavy (non-hydrogen) atoms. The standard InChI is InChI=1S/C22H27NO3.C20H23NO3.C19H16N2O4.C17H21NO3.C16H19NO3.C16H21NO3/c24-20-6-5-19(20)23-21(25)26-13-14-1-3-18(4-2-14)22-10-15-7-16(11-22)9-17(8-15)12-22;22-18-8-7-17(18)21-19(23)24-11-12-1-3-13(4-2-12)15-10-20-9-14(20)5-6-16(15)20;22-16-10-9-14(16)21-19(23)24-11-12-5-7-13(8-6-12)18-20-15-3-1-2-4-17(15)25-18;19-16-10-9-15(16)18-17(20)21-11-12-5-7-14(8-6-12)13-3-1-2-4-13;18-15-8-7-14(15)17-16(19)20-10-11-5-6-12-3-1-2-4-13(12)9-11;1-16(2,3)12-6-4-11(5-7-12)10-20-15(19)17-13-8-9-14(13)18/h1-4,15-17,19H,5-13H2,(H,23,25);1-4,14-17H,5-11H2,(H,21,23);1-8,14H,9-11H2,(H,21,23);5-8,13,15H,1-4,9-11H2,(H,18,20);5-6,9,14H,1-4,7-8,10H2,(H,17,19);4-7,13H,8-10H2,1-3H3,(H,17,19)/t15?,16?,17?,19-,22?;14?,15?,16?,17-,20?;14-;15-;14-;13-/m000000/s1. The molecular formula is C110H127N7O19. The highest BCUT2D eigenvalue weighted by Gasteiger charge is 2.70. The van der Waals surface area contributed by atoms with Crippen molar-refractivity contribution < 1.29 is 90.4 Å². The molecule has 1 heterocycles. The van der Waals surface area contributed by atoms with Crippen molar-refractivity contribution in [3.63, 3.8) is 0 Å². The molecule has 6 amide bonds. The summed E-state index contributed by atoms with van der Waals surface area (Å²) in [4.78, 5) is 141. The maximum absolute atomic E-state index is 11.8. The van der Waals surface area contributed by atoms with Gasteiger partial charge in [0, 0.05) is 44.1 Å². The molecule has 0 aliphatic heterocycles. The number of rotatable bonds is 22. The SMILES string of the molecule is CC(C)(C)c1ccc(COC(=O)N[C@H]2CCC2=O)cc1.O=C(N[C@H]1CCC1=O)OCc1ccc(-c2nc3ccccc3o2)cc1.O=C(N[C@H]1CCC1=O)OCc1ccc(C23CC4CC(CC(C4)C2)C3)cc1.O=C(N[C@H]1CCC1=O)OCc1ccc(C2CC34CC3CCC24)cc1.O=C(N[C@H]1CCC1=O)OCc1ccc(C2CCCC2)cc1.O=C(N[C@H]1CCC1=O)OCc1ccc2c(c1)CCCC2. The summed E-state index contributed by atoms with van der Waals surface area (Å²) in [5.74, 6) is 7.33. The zero-order chi connectivity index (χ0) is 94.6. The van der Waals surface area contributed by atoms with Gasteiger partial charge in [0.1, 0.15) is 45.2 Å². The zero-order valence-corrected chi connectivity index (χ0v) is 78.3. The second-order valence-electron chi connectivity index (χ2n) is 41.1. The first-order valence-corrected chi connectivity index (χ1v) is 49.4. The highest BCUT2D eigenvalue weighted by molar-refractivity contribution is 5.95. The second kappa shape index (κ2) is 42.9. The number of nitrogens with one attached hydrogen (secondary N) is 6. The molecule has 7 aromatic carbocycles. The van der Waals surface area contributed by atoms with Gasteiger partial charge in [-0.25, -0.2) is 33.8 Å². The largest absolute Gasteiger partial charge is 0.445 e. The maximum atomic E-state index is 11.8. The summed E-state index contributed by atoms with van der Waals surface area (Å²) in [6.45, 7) is 7.85. The number of para-hydroxylation sites is 2. The minimum absolute atomic E-state index is 0.0552. The molecule has 10 atom stereocenters. The van der Waals surface area contributed by atoms with Gasteiger partial charge in [0.05, 0.1) is 36.3 Å². The number of aryl methyl sites for hydroxylation is 2. The Bertz CT molecular complexity index is 5610. The average Bonchev–Trinajstić information content (AvgIpc) is 1.50. The first-order chi connectivity index (χ1) is 65.7. The summed E-state index contributed by atoms with van der Waals surface area (Å²) in [5, 5.41) is 15.5. The molecule has 6 N–H and O–H groups in total. The van der Waals surface area contributed by atoms with Crippen LogP contribution in [0, 0.1) is 35.0 Å². The number of aromatic nitrogens is 1. The second-order valence-corrected chi connectivity index (χ2v) is 41.1. The van der Waals surface area contributed by atoms with Gasteiger partial charge in [0.2, 0.25) is 5.89 Å². The van der Waals surface area contributed by atoms with E-state index >= 15 is 0 Å². The van der Waals surface area contributed by atoms with Crippen molar-refractivity contribution in [3.8, 4) is 11.5 Å². The number of amides is 6. The van der Waals surface area contributed by atoms with Crippen LogP contribution in [0.25, 0.3) is 22.6 Å². The number of hydrogen-bond acceptors (Lipinski definition) is 20. The van der Waals surface area contributed by atoms with E-state index in [0.29, 0.717) is 68.6 Å². The fraction of sp³-hybridized carbons (Fsp3) is 0.500. The molecule has 26 nitrogen and oxygen atoms in total. The van der Waals surface area contributed by atoms with Gasteiger partial charge < -0.3 is 64.7 Å². The molecule has 14 fully saturated rings. The van der Waals surface area contributed by atoms with Crippen molar-refractivity contribution in [2.24, 2.45) is 35.0 Å². The van der Waals surface area contributed by atoms with Gasteiger partial charge in [-0.05, 0) is 290 Å². The van der Waals surface area contributed by atoms with E-state index in [0.717, 1.165) is 129 Å². The molecular weight excluding hydrogens is 1720 g/mol. The van der Waals surface area contributed by atoms with Crippen LogP contribution in [0.2, 0.25) is 0 Å². The minimum Gasteiger partial charge on any atom is -0.445 e. The van der Waals surface area contributed by atoms with Crippen molar-refractivity contribution >= 4 is 82.4 Å². The normalized spacial score (nSPS) is 26.1. The number of hydrogen-bond donors (Lipinski definition) is 6. The van der Waals surface area contributed by atoms with Crippen LogP contribution < -0.4 is 31.9 Å². The first-order valence-electron chi connectivity index (χ1n) is 49.4. The Balaban J connectivity index is 0.000000114. The smallest absolute Gasteiger partial charge is 0.408 e. The van der Waals surface area contributed by atoms with Crippen molar-refractivity contribution in [2.75, 3.05) is 0 Å². The van der Waals surface area contributed by atoms with E-state index in [1.54, 1.807) is 0 Å². The summed E-state index contributed by atoms with van der Waals surface area (Å²) in [6, 6.07) is 52.9. The molecule has 4 unspecified atom stereocenters. The third kappa shape index (κ3) is 24.0. The monoisotopic (exact) mass is 1850 g/mol. The van der Waals surface area contributed by atoms with Gasteiger partial charge in [-0.15, -0.1) is 0 Å². The maximum Gasteiger partial charge on any atom is 0.408 e. The van der Waals surface area contributed by atoms with Gasteiger partial charge in [-0.1, -0.05) is 173 Å². The van der Waals surface area contributed by atoms with Crippen molar-refractivity contribution in [3.05, 3.63) is 231 Å². The third-order valence-electron chi connectivity index (χ3n) is 30.9. The van der Waals surface area contributed by atoms with Crippen LogP contribution >= 0.6 is 0 Å². The number of alkyl carbamates (subject to hydrolysis) is 6. The van der Waals surface area contributed by atoms with Gasteiger partial charge in [-0.2, -0.15) is 0 Å². The summed E-state index contributed by atoms with van der Waals surface area (Å²) >= 11 is 0. The molecule has 716 valence electrons. The predicted octanol–water partition coefficient (Wildman–Crippen LogP) is 19.9. The topological polar surface area (TPSA) is 358 Å². The molecule has 23 rings (SSSR count). The number of fused-ring (bicyclic) bond motifs is 2. The Kier molecular flexibility index (Phi) is 30.1. The fourth-order valence-electron chi connectivity index (χ4n) is 22.1. The van der Waals surface area contributed by atoms with Gasteiger partial charge >= 0.3 is 36.6 Å². The van der Waals surface area contributed by atoms with E-state index in [2.05, 4.69) is 130 Å². The van der Waals surface area contributed by atoms with E-state index in [4.69, 9.17) is 32.8 Å². The Morgan fingerprint density at radius 3 is 1.11 bits per heavy atom. The van der Waals surface area contributed by atoms with Crippen molar-refractivity contribution in [1.82, 2.24) is 36.9 Å². The average molecular weight is 1850 g/mol. The fourth-order valence-corrected chi connectivity index (χ4v) is 22.1. The van der Waals surface area contributed by atoms with Crippen LogP contribution in [-0.4, -0.2) is 112 Å². The quantitative estimate of drug-likeness (QED) is 0.0343. The first kappa shape index (κ1) is 95.4. The highest BCUT2D eigenvalue weighted by atomic mass is 16.6. The Labute approximate surface area is 794 Å². The van der Waals surface area contributed by atoms with E-state index in [-0.39, 0.29) is 116 Å². The van der Waals surface area contributed by atoms with Crippen molar-refractivity contribution in [2.45, 2.75) is 312 Å². The van der Waals surface area contributed by atoms with Gasteiger partial charge in [0.25, 0.3) is 0 Å². The van der Waals surface area contributed by atoms with Crippen LogP contribution in [0.4, 0.5) is 28.8 Å². The number of Topliss-reactive ketones (excluding diaryl/α,β-unsaturated/α-hetero) is 6. The number of carbonyl (C=O) groups is 12. The Hall–Kier alpha value is -12.4. The molecule has 8 aromatic rings. The lowest BCUT2D eigenvalue weighted by Gasteiger charge is -2.57. The van der Waals surface area contributed by atoms with Gasteiger partial charge in [0.15, 0.2) is 40.3 Å². The van der Waals surface area contributed by atoms with Crippen molar-refractivity contribution in [1.29, 1.82) is 0 Å². The molecule has 15 aliphatic carbocycles. The third-order valence-corrected chi connectivity index (χ3v) is 30.9. The van der Waals surface area contributed by atoms with E-state index in [1.165, 1.54) is 136 Å². The van der Waals surface area contributed by atoms with Crippen LogP contribution in [0.3, 0.4) is 0 Å². The molecule has 0 radical (unpaired) electrons. The Morgan fingerprint density at radius 2 is 0.735 bits per heavy atom. The lowest BCUT2D eigenvalue weighted by Crippen LogP contribution is -2.48. The molecule has 26 heteroatoms. The number of oxazole rings is 1. The summed E-state index contributed by atoms with van der Waals surface area (Å²) in [7, 11) is 0. The van der Waals surface area contributed by atoms with Crippen LogP contribution in [0.1, 0.15) is 279 Å². The molecule has 4 bridgehead atoms. The van der Waals surface area contributed by atoms with Crippen LogP contribution in [-0.2, 0) is 121 Å². The lowest BCUT2D eigenvalue weighted by atomic mass is 9.48. The molecule has 0 saturated heterocycles. The number of nitrogens with zero attached hydrogens (tertiary/aromatic N) is 1. The predicted molar refractivity (Wildman–Crippen MR) is 507 cm³/mol. The summed E-state index contributed by atoms with van der Waals surface area (Å²) in [5.41, 5.74) is 17.8. The minimum atomic E-state index is -0.568. The highest BCUT2D eigenvalue weighted by Crippen LogP contribution is 2.80. The van der Waals surface area contributed by atoms with E-state index in [9.17, 15) is 57.5 Å². The van der Waals surface area contributed by atoms with Gasteiger partial charge in [-0.3, -0.25) is 28.8 Å². The summed E-state index contributed by atoms with van der Waals surface area (Å²) < 4.78 is 36.8. The molecule has 14 saturated carbocycles. The Morgan fingerprint density at radius 1 is 0.368 bits per heavy atom. The number of ether oxygens (including phenoxy) is 6. The van der Waals surface area contributed by atoms with E-state index in [1.807, 2.05) is 91.0 Å². The summed E-state index contributed by atoms with van der Waals surface area (Å²) in [6.07, 6.45) is 28.8.